The van der Waals surface area contributed by atoms with Gasteiger partial charge in [-0.05, 0) is 43.0 Å². The standard InChI is InChI=1S/C18H20N4O2S/c1-23-14-3-4-15-16(11-14)25-18(21-15)22-9-5-13(6-10-22)12-24-17-19-7-2-8-20-17/h2-4,7-8,11,13H,5-6,9-10,12H2,1H3. The summed E-state index contributed by atoms with van der Waals surface area (Å²) in [6, 6.07) is 8.29. The van der Waals surface area contributed by atoms with Crippen LogP contribution >= 0.6 is 11.3 Å². The van der Waals surface area contributed by atoms with Crippen molar-refractivity contribution in [1.82, 2.24) is 15.0 Å². The van der Waals surface area contributed by atoms with Gasteiger partial charge in [-0.1, -0.05) is 11.3 Å². The Hall–Kier alpha value is -2.41. The van der Waals surface area contributed by atoms with Crippen LogP contribution in [0.25, 0.3) is 10.2 Å². The van der Waals surface area contributed by atoms with E-state index in [1.807, 2.05) is 12.1 Å². The smallest absolute Gasteiger partial charge is 0.316 e. The van der Waals surface area contributed by atoms with Crippen LogP contribution in [0.5, 0.6) is 11.8 Å². The highest BCUT2D eigenvalue weighted by molar-refractivity contribution is 7.22. The molecule has 0 atom stereocenters. The minimum absolute atomic E-state index is 0.463. The molecule has 6 nitrogen and oxygen atoms in total. The van der Waals surface area contributed by atoms with E-state index in [1.54, 1.807) is 36.9 Å². The topological polar surface area (TPSA) is 60.4 Å². The molecule has 1 fully saturated rings. The van der Waals surface area contributed by atoms with E-state index in [2.05, 4.69) is 20.9 Å². The maximum absolute atomic E-state index is 5.69. The van der Waals surface area contributed by atoms with Gasteiger partial charge in [0.15, 0.2) is 5.13 Å². The van der Waals surface area contributed by atoms with Crippen LogP contribution in [-0.4, -0.2) is 41.8 Å². The molecule has 1 aromatic carbocycles. The highest BCUT2D eigenvalue weighted by Gasteiger charge is 2.22. The Bertz CT molecular complexity index is 831. The molecule has 130 valence electrons. The molecular weight excluding hydrogens is 336 g/mol. The number of fused-ring (bicyclic) bond motifs is 1. The predicted octanol–water partition coefficient (Wildman–Crippen LogP) is 3.39. The number of hydrogen-bond acceptors (Lipinski definition) is 7. The van der Waals surface area contributed by atoms with Gasteiger partial charge >= 0.3 is 6.01 Å². The summed E-state index contributed by atoms with van der Waals surface area (Å²) in [7, 11) is 1.69. The zero-order valence-electron chi connectivity index (χ0n) is 14.1. The van der Waals surface area contributed by atoms with Gasteiger partial charge in [0.2, 0.25) is 0 Å². The lowest BCUT2D eigenvalue weighted by Gasteiger charge is -2.31. The molecule has 0 amide bonds. The van der Waals surface area contributed by atoms with Crippen LogP contribution in [0.1, 0.15) is 12.8 Å². The van der Waals surface area contributed by atoms with Crippen LogP contribution in [0.4, 0.5) is 5.13 Å². The fourth-order valence-electron chi connectivity index (χ4n) is 3.00. The Labute approximate surface area is 150 Å². The first kappa shape index (κ1) is 16.1. The highest BCUT2D eigenvalue weighted by Crippen LogP contribution is 2.33. The Balaban J connectivity index is 1.35. The molecule has 0 aliphatic carbocycles. The van der Waals surface area contributed by atoms with Crippen molar-refractivity contribution in [3.8, 4) is 11.8 Å². The van der Waals surface area contributed by atoms with Crippen molar-refractivity contribution in [2.24, 2.45) is 5.92 Å². The second kappa shape index (κ2) is 7.23. The molecule has 0 unspecified atom stereocenters. The van der Waals surface area contributed by atoms with E-state index in [-0.39, 0.29) is 0 Å². The van der Waals surface area contributed by atoms with Gasteiger partial charge in [0.05, 0.1) is 23.9 Å². The lowest BCUT2D eigenvalue weighted by molar-refractivity contribution is 0.208. The third-order valence-electron chi connectivity index (χ3n) is 4.46. The van der Waals surface area contributed by atoms with Gasteiger partial charge in [-0.3, -0.25) is 0 Å². The monoisotopic (exact) mass is 356 g/mol. The zero-order chi connectivity index (χ0) is 17.1. The zero-order valence-corrected chi connectivity index (χ0v) is 14.9. The lowest BCUT2D eigenvalue weighted by atomic mass is 9.98. The summed E-state index contributed by atoms with van der Waals surface area (Å²) < 4.78 is 12.2. The van der Waals surface area contributed by atoms with Gasteiger partial charge in [-0.15, -0.1) is 0 Å². The van der Waals surface area contributed by atoms with Crippen molar-refractivity contribution < 1.29 is 9.47 Å². The molecule has 3 aromatic rings. The minimum Gasteiger partial charge on any atom is -0.497 e. The summed E-state index contributed by atoms with van der Waals surface area (Å²) in [5.41, 5.74) is 1.03. The molecule has 1 saturated heterocycles. The second-order valence-corrected chi connectivity index (χ2v) is 7.11. The number of piperidine rings is 1. The van der Waals surface area contributed by atoms with E-state index >= 15 is 0 Å². The molecule has 2 aromatic heterocycles. The quantitative estimate of drug-likeness (QED) is 0.698. The van der Waals surface area contributed by atoms with Crippen LogP contribution in [0, 0.1) is 5.92 Å². The van der Waals surface area contributed by atoms with Gasteiger partial charge in [0.25, 0.3) is 0 Å². The molecule has 25 heavy (non-hydrogen) atoms. The lowest BCUT2D eigenvalue weighted by Crippen LogP contribution is -2.35. The third kappa shape index (κ3) is 3.66. The first-order valence-corrected chi connectivity index (χ1v) is 9.23. The minimum atomic E-state index is 0.463. The van der Waals surface area contributed by atoms with Crippen LogP contribution in [-0.2, 0) is 0 Å². The van der Waals surface area contributed by atoms with Crippen molar-refractivity contribution >= 4 is 26.7 Å². The fraction of sp³-hybridized carbons (Fsp3) is 0.389. The first-order chi connectivity index (χ1) is 12.3. The number of benzene rings is 1. The van der Waals surface area contributed by atoms with E-state index in [0.717, 1.165) is 42.3 Å². The van der Waals surface area contributed by atoms with Crippen molar-refractivity contribution in [1.29, 1.82) is 0 Å². The van der Waals surface area contributed by atoms with Crippen molar-refractivity contribution in [3.05, 3.63) is 36.7 Å². The molecule has 0 N–H and O–H groups in total. The number of aromatic nitrogens is 3. The number of methoxy groups -OCH3 is 1. The summed E-state index contributed by atoms with van der Waals surface area (Å²) >= 11 is 1.73. The summed E-state index contributed by atoms with van der Waals surface area (Å²) in [5, 5.41) is 1.09. The second-order valence-electron chi connectivity index (χ2n) is 6.10. The van der Waals surface area contributed by atoms with Gasteiger partial charge in [-0.2, -0.15) is 0 Å². The number of nitrogens with zero attached hydrogens (tertiary/aromatic N) is 4. The SMILES string of the molecule is COc1ccc2nc(N3CCC(COc4ncccn4)CC3)sc2c1. The summed E-state index contributed by atoms with van der Waals surface area (Å²) in [6.07, 6.45) is 5.58. The molecule has 1 aliphatic heterocycles. The Morgan fingerprint density at radius 2 is 2.00 bits per heavy atom. The Kier molecular flexibility index (Phi) is 4.65. The van der Waals surface area contributed by atoms with Crippen molar-refractivity contribution in [3.63, 3.8) is 0 Å². The van der Waals surface area contributed by atoms with Gasteiger partial charge in [-0.25, -0.2) is 15.0 Å². The van der Waals surface area contributed by atoms with Gasteiger partial charge in [0, 0.05) is 25.5 Å². The van der Waals surface area contributed by atoms with Gasteiger partial charge in [0.1, 0.15) is 5.75 Å². The average Bonchev–Trinajstić information content (AvgIpc) is 3.10. The van der Waals surface area contributed by atoms with Crippen molar-refractivity contribution in [2.45, 2.75) is 12.8 Å². The van der Waals surface area contributed by atoms with E-state index in [1.165, 1.54) is 4.70 Å². The fourth-order valence-corrected chi connectivity index (χ4v) is 4.04. The molecular formula is C18H20N4O2S. The van der Waals surface area contributed by atoms with Crippen LogP contribution in [0.3, 0.4) is 0 Å². The Morgan fingerprint density at radius 3 is 2.76 bits per heavy atom. The normalized spacial score (nSPS) is 15.5. The third-order valence-corrected chi connectivity index (χ3v) is 5.54. The predicted molar refractivity (Wildman–Crippen MR) is 98.6 cm³/mol. The number of anilines is 1. The van der Waals surface area contributed by atoms with Crippen molar-refractivity contribution in [2.75, 3.05) is 31.7 Å². The summed E-state index contributed by atoms with van der Waals surface area (Å²) in [6.45, 7) is 2.68. The largest absolute Gasteiger partial charge is 0.497 e. The van der Waals surface area contributed by atoms with E-state index < -0.39 is 0 Å². The number of ether oxygens (including phenoxy) is 2. The number of rotatable bonds is 5. The van der Waals surface area contributed by atoms with E-state index in [0.29, 0.717) is 18.5 Å². The van der Waals surface area contributed by atoms with Gasteiger partial charge < -0.3 is 14.4 Å². The highest BCUT2D eigenvalue weighted by atomic mass is 32.1. The summed E-state index contributed by atoms with van der Waals surface area (Å²) in [5.74, 6) is 1.41. The maximum atomic E-state index is 5.69. The molecule has 1 aliphatic rings. The molecule has 0 radical (unpaired) electrons. The van der Waals surface area contributed by atoms with E-state index in [4.69, 9.17) is 14.5 Å². The van der Waals surface area contributed by atoms with Crippen LogP contribution in [0.2, 0.25) is 0 Å². The van der Waals surface area contributed by atoms with Crippen LogP contribution in [0.15, 0.2) is 36.7 Å². The molecule has 7 heteroatoms. The number of thiazole rings is 1. The molecule has 0 saturated carbocycles. The first-order valence-electron chi connectivity index (χ1n) is 8.41. The molecule has 3 heterocycles. The maximum Gasteiger partial charge on any atom is 0.316 e. The van der Waals surface area contributed by atoms with Crippen LogP contribution < -0.4 is 14.4 Å². The summed E-state index contributed by atoms with van der Waals surface area (Å²) in [4.78, 5) is 15.3. The molecule has 4 rings (SSSR count). The molecule has 0 spiro atoms. The molecule has 0 bridgehead atoms. The Morgan fingerprint density at radius 1 is 1.20 bits per heavy atom. The number of hydrogen-bond donors (Lipinski definition) is 0. The van der Waals surface area contributed by atoms with E-state index in [9.17, 15) is 0 Å². The average molecular weight is 356 g/mol.